The summed E-state index contributed by atoms with van der Waals surface area (Å²) in [6.45, 7) is 9.00. The van der Waals surface area contributed by atoms with Crippen LogP contribution in [0.15, 0.2) is 18.2 Å². The van der Waals surface area contributed by atoms with Crippen LogP contribution in [0, 0.1) is 18.3 Å². The number of anilines is 2. The van der Waals surface area contributed by atoms with Crippen molar-refractivity contribution < 1.29 is 19.8 Å². The first-order chi connectivity index (χ1) is 15.7. The number of amides is 2. The van der Waals surface area contributed by atoms with Crippen LogP contribution in [0.2, 0.25) is 0 Å². The standard InChI is InChI=1S/C26H39N3O4/c1-18(2)16-29(25(32)33)21-7-10-23(19(3)15-21)27-13-4-11-26(17-27)12-14-28(24(26)31)20-5-8-22(30)9-6-20/h7,10,15,18,20,22,30H,4-6,8-9,11-14,16-17H2,1-3H3,(H,32,33). The van der Waals surface area contributed by atoms with E-state index < -0.39 is 6.09 Å². The molecule has 1 spiro atoms. The lowest BCUT2D eigenvalue weighted by Crippen LogP contribution is -2.50. The van der Waals surface area contributed by atoms with Gasteiger partial charge >= 0.3 is 6.09 Å². The summed E-state index contributed by atoms with van der Waals surface area (Å²) in [6.07, 6.45) is 5.09. The lowest BCUT2D eigenvalue weighted by atomic mass is 9.78. The molecule has 0 radical (unpaired) electrons. The van der Waals surface area contributed by atoms with Crippen molar-refractivity contribution in [2.24, 2.45) is 11.3 Å². The van der Waals surface area contributed by atoms with Crippen LogP contribution in [0.5, 0.6) is 0 Å². The Kier molecular flexibility index (Phi) is 6.89. The van der Waals surface area contributed by atoms with Gasteiger partial charge < -0.3 is 20.0 Å². The summed E-state index contributed by atoms with van der Waals surface area (Å²) in [4.78, 5) is 31.3. The van der Waals surface area contributed by atoms with Crippen molar-refractivity contribution in [1.82, 2.24) is 4.90 Å². The van der Waals surface area contributed by atoms with Crippen molar-refractivity contribution in [3.63, 3.8) is 0 Å². The zero-order valence-electron chi connectivity index (χ0n) is 20.3. The Morgan fingerprint density at radius 1 is 1.18 bits per heavy atom. The van der Waals surface area contributed by atoms with Gasteiger partial charge in [0.2, 0.25) is 5.91 Å². The third-order valence-corrected chi connectivity index (χ3v) is 7.84. The zero-order chi connectivity index (χ0) is 23.8. The van der Waals surface area contributed by atoms with Gasteiger partial charge in [0.05, 0.1) is 11.5 Å². The number of hydrogen-bond acceptors (Lipinski definition) is 4. The topological polar surface area (TPSA) is 84.3 Å². The minimum Gasteiger partial charge on any atom is -0.465 e. The highest BCUT2D eigenvalue weighted by atomic mass is 16.4. The molecule has 1 atom stereocenters. The van der Waals surface area contributed by atoms with Gasteiger partial charge in [0.15, 0.2) is 0 Å². The minimum atomic E-state index is -0.931. The second kappa shape index (κ2) is 9.53. The molecule has 182 valence electrons. The third kappa shape index (κ3) is 4.84. The molecule has 0 aromatic heterocycles. The number of carbonyl (C=O) groups excluding carboxylic acids is 1. The highest BCUT2D eigenvalue weighted by Gasteiger charge is 2.50. The maximum Gasteiger partial charge on any atom is 0.411 e. The summed E-state index contributed by atoms with van der Waals surface area (Å²) in [5.41, 5.74) is 2.53. The molecule has 2 heterocycles. The number of nitrogens with zero attached hydrogens (tertiary/aromatic N) is 3. The molecule has 1 saturated carbocycles. The molecule has 2 saturated heterocycles. The van der Waals surface area contributed by atoms with Gasteiger partial charge in [-0.3, -0.25) is 9.69 Å². The summed E-state index contributed by atoms with van der Waals surface area (Å²) in [5, 5.41) is 19.5. The summed E-state index contributed by atoms with van der Waals surface area (Å²) < 4.78 is 0. The highest BCUT2D eigenvalue weighted by molar-refractivity contribution is 5.87. The van der Waals surface area contributed by atoms with E-state index in [1.165, 1.54) is 4.90 Å². The molecule has 2 aliphatic heterocycles. The fourth-order valence-electron chi connectivity index (χ4n) is 6.10. The molecular formula is C26H39N3O4. The number of hydrogen-bond donors (Lipinski definition) is 2. The van der Waals surface area contributed by atoms with Gasteiger partial charge in [-0.1, -0.05) is 13.8 Å². The first-order valence-corrected chi connectivity index (χ1v) is 12.6. The Labute approximate surface area is 197 Å². The van der Waals surface area contributed by atoms with Gasteiger partial charge in [-0.2, -0.15) is 0 Å². The Balaban J connectivity index is 1.49. The summed E-state index contributed by atoms with van der Waals surface area (Å²) in [6, 6.07) is 6.17. The van der Waals surface area contributed by atoms with Crippen LogP contribution in [-0.2, 0) is 4.79 Å². The quantitative estimate of drug-likeness (QED) is 0.690. The van der Waals surface area contributed by atoms with E-state index in [9.17, 15) is 19.8 Å². The smallest absolute Gasteiger partial charge is 0.411 e. The van der Waals surface area contributed by atoms with Crippen molar-refractivity contribution in [2.75, 3.05) is 36.0 Å². The molecule has 3 fully saturated rings. The Bertz CT molecular complexity index is 880. The number of carboxylic acid groups (broad SMARTS) is 1. The van der Waals surface area contributed by atoms with E-state index >= 15 is 0 Å². The zero-order valence-corrected chi connectivity index (χ0v) is 20.3. The third-order valence-electron chi connectivity index (χ3n) is 7.84. The van der Waals surface area contributed by atoms with Crippen molar-refractivity contribution in [3.05, 3.63) is 23.8 Å². The number of aliphatic hydroxyl groups is 1. The van der Waals surface area contributed by atoms with Crippen LogP contribution in [0.4, 0.5) is 16.2 Å². The molecule has 3 aliphatic rings. The van der Waals surface area contributed by atoms with Gasteiger partial charge in [0.1, 0.15) is 0 Å². The number of likely N-dealkylation sites (tertiary alicyclic amines) is 1. The van der Waals surface area contributed by atoms with Gasteiger partial charge in [-0.15, -0.1) is 0 Å². The maximum atomic E-state index is 13.6. The van der Waals surface area contributed by atoms with E-state index in [4.69, 9.17) is 0 Å². The average molecular weight is 458 g/mol. The lowest BCUT2D eigenvalue weighted by Gasteiger charge is -2.42. The van der Waals surface area contributed by atoms with Crippen molar-refractivity contribution in [2.45, 2.75) is 77.9 Å². The highest BCUT2D eigenvalue weighted by Crippen LogP contribution is 2.44. The molecule has 2 N–H and O–H groups in total. The lowest BCUT2D eigenvalue weighted by molar-refractivity contribution is -0.139. The number of piperidine rings is 1. The Hall–Kier alpha value is -2.28. The van der Waals surface area contributed by atoms with Crippen molar-refractivity contribution in [3.8, 4) is 0 Å². The number of aliphatic hydroxyl groups excluding tert-OH is 1. The van der Waals surface area contributed by atoms with Crippen LogP contribution < -0.4 is 9.80 Å². The minimum absolute atomic E-state index is 0.207. The number of benzene rings is 1. The maximum absolute atomic E-state index is 13.6. The molecule has 1 aliphatic carbocycles. The summed E-state index contributed by atoms with van der Waals surface area (Å²) in [5.74, 6) is 0.545. The second-order valence-electron chi connectivity index (χ2n) is 10.8. The Morgan fingerprint density at radius 3 is 2.55 bits per heavy atom. The van der Waals surface area contributed by atoms with E-state index in [1.54, 1.807) is 0 Å². The molecule has 4 rings (SSSR count). The predicted octanol–water partition coefficient (Wildman–Crippen LogP) is 4.26. The van der Waals surface area contributed by atoms with Crippen molar-refractivity contribution in [1.29, 1.82) is 0 Å². The monoisotopic (exact) mass is 457 g/mol. The van der Waals surface area contributed by atoms with Gasteiger partial charge in [0.25, 0.3) is 0 Å². The van der Waals surface area contributed by atoms with Gasteiger partial charge in [0, 0.05) is 43.6 Å². The molecule has 2 amide bonds. The van der Waals surface area contributed by atoms with Gasteiger partial charge in [-0.25, -0.2) is 4.79 Å². The summed E-state index contributed by atoms with van der Waals surface area (Å²) >= 11 is 0. The average Bonchev–Trinajstić information content (AvgIpc) is 3.07. The van der Waals surface area contributed by atoms with Crippen LogP contribution in [-0.4, -0.2) is 65.4 Å². The molecule has 1 aromatic carbocycles. The second-order valence-corrected chi connectivity index (χ2v) is 10.8. The molecule has 33 heavy (non-hydrogen) atoms. The van der Waals surface area contributed by atoms with E-state index in [2.05, 4.69) is 9.80 Å². The SMILES string of the molecule is Cc1cc(N(CC(C)C)C(=O)O)ccc1N1CCCC2(CCN(C3CCC(O)CC3)C2=O)C1. The molecule has 0 bridgehead atoms. The van der Waals surface area contributed by atoms with Crippen LogP contribution in [0.3, 0.4) is 0 Å². The first-order valence-electron chi connectivity index (χ1n) is 12.6. The van der Waals surface area contributed by atoms with Crippen LogP contribution >= 0.6 is 0 Å². The molecule has 7 heteroatoms. The van der Waals surface area contributed by atoms with E-state index in [0.717, 1.165) is 75.8 Å². The van der Waals surface area contributed by atoms with Crippen LogP contribution in [0.1, 0.15) is 64.4 Å². The largest absolute Gasteiger partial charge is 0.465 e. The number of aryl methyl sites for hydroxylation is 1. The molecular weight excluding hydrogens is 418 g/mol. The number of rotatable bonds is 5. The van der Waals surface area contributed by atoms with Crippen LogP contribution in [0.25, 0.3) is 0 Å². The fourth-order valence-corrected chi connectivity index (χ4v) is 6.10. The summed E-state index contributed by atoms with van der Waals surface area (Å²) in [7, 11) is 0. The molecule has 1 aromatic rings. The van der Waals surface area contributed by atoms with E-state index in [1.807, 2.05) is 39.0 Å². The number of carbonyl (C=O) groups is 2. The normalized spacial score (nSPS) is 28.1. The molecule has 7 nitrogen and oxygen atoms in total. The van der Waals surface area contributed by atoms with Crippen molar-refractivity contribution >= 4 is 23.4 Å². The first kappa shape index (κ1) is 23.9. The molecule has 1 unspecified atom stereocenters. The Morgan fingerprint density at radius 2 is 1.91 bits per heavy atom. The predicted molar refractivity (Wildman–Crippen MR) is 130 cm³/mol. The van der Waals surface area contributed by atoms with Gasteiger partial charge in [-0.05, 0) is 81.5 Å². The fraction of sp³-hybridized carbons (Fsp3) is 0.692. The van der Waals surface area contributed by atoms with E-state index in [0.29, 0.717) is 18.1 Å². The van der Waals surface area contributed by atoms with E-state index in [-0.39, 0.29) is 23.5 Å².